The predicted molar refractivity (Wildman–Crippen MR) is 64.1 cm³/mol. The van der Waals surface area contributed by atoms with Crippen LogP contribution >= 0.6 is 0 Å². The standard InChI is InChI=1S/C14H16N2/c1-10(2)7-12-5-4-6-14(11(12)3)13(8-15)9-16/h4-6,10-11H,7H2,1-3H3. The summed E-state index contributed by atoms with van der Waals surface area (Å²) in [6.45, 7) is 6.40. The number of hydrogen-bond acceptors (Lipinski definition) is 2. The van der Waals surface area contributed by atoms with Gasteiger partial charge in [-0.1, -0.05) is 44.6 Å². The molecule has 0 heterocycles. The van der Waals surface area contributed by atoms with Crippen LogP contribution in [0.5, 0.6) is 0 Å². The molecule has 1 unspecified atom stereocenters. The smallest absolute Gasteiger partial charge is 0.133 e. The van der Waals surface area contributed by atoms with Crippen LogP contribution < -0.4 is 0 Å². The highest BCUT2D eigenvalue weighted by Crippen LogP contribution is 2.31. The summed E-state index contributed by atoms with van der Waals surface area (Å²) in [5, 5.41) is 17.8. The van der Waals surface area contributed by atoms with Gasteiger partial charge in [-0.3, -0.25) is 0 Å². The molecule has 1 aliphatic rings. The minimum Gasteiger partial charge on any atom is -0.192 e. The van der Waals surface area contributed by atoms with Crippen LogP contribution in [-0.2, 0) is 0 Å². The lowest BCUT2D eigenvalue weighted by Crippen LogP contribution is -2.09. The van der Waals surface area contributed by atoms with Crippen molar-refractivity contribution in [3.8, 4) is 12.1 Å². The van der Waals surface area contributed by atoms with Crippen LogP contribution in [0.4, 0.5) is 0 Å². The lowest BCUT2D eigenvalue weighted by Gasteiger charge is -2.21. The average Bonchev–Trinajstić information content (AvgIpc) is 2.24. The fraction of sp³-hybridized carbons (Fsp3) is 0.429. The van der Waals surface area contributed by atoms with Crippen molar-refractivity contribution in [2.75, 3.05) is 0 Å². The van der Waals surface area contributed by atoms with Gasteiger partial charge in [-0.2, -0.15) is 10.5 Å². The van der Waals surface area contributed by atoms with E-state index in [0.29, 0.717) is 5.92 Å². The van der Waals surface area contributed by atoms with Gasteiger partial charge >= 0.3 is 0 Å². The van der Waals surface area contributed by atoms with Gasteiger partial charge in [0.15, 0.2) is 0 Å². The normalized spacial score (nSPS) is 19.0. The van der Waals surface area contributed by atoms with Gasteiger partial charge < -0.3 is 0 Å². The third-order valence-corrected chi connectivity index (χ3v) is 2.77. The van der Waals surface area contributed by atoms with Gasteiger partial charge in [0.25, 0.3) is 0 Å². The van der Waals surface area contributed by atoms with Crippen LogP contribution in [0.15, 0.2) is 34.9 Å². The third-order valence-electron chi connectivity index (χ3n) is 2.77. The molecule has 0 bridgehead atoms. The zero-order valence-electron chi connectivity index (χ0n) is 9.99. The Morgan fingerprint density at radius 3 is 2.50 bits per heavy atom. The quantitative estimate of drug-likeness (QED) is 0.657. The Morgan fingerprint density at radius 1 is 1.38 bits per heavy atom. The molecule has 0 fully saturated rings. The molecule has 0 aromatic carbocycles. The van der Waals surface area contributed by atoms with Gasteiger partial charge in [0, 0.05) is 5.92 Å². The molecule has 0 radical (unpaired) electrons. The Bertz CT molecular complexity index is 420. The van der Waals surface area contributed by atoms with Crippen molar-refractivity contribution in [3.05, 3.63) is 34.9 Å². The van der Waals surface area contributed by atoms with Crippen molar-refractivity contribution in [2.24, 2.45) is 11.8 Å². The number of nitrogens with zero attached hydrogens (tertiary/aromatic N) is 2. The van der Waals surface area contributed by atoms with Gasteiger partial charge in [-0.25, -0.2) is 0 Å². The van der Waals surface area contributed by atoms with Gasteiger partial charge in [0.2, 0.25) is 0 Å². The highest BCUT2D eigenvalue weighted by Gasteiger charge is 2.19. The van der Waals surface area contributed by atoms with Crippen LogP contribution in [0.25, 0.3) is 0 Å². The van der Waals surface area contributed by atoms with Crippen LogP contribution in [0, 0.1) is 34.5 Å². The minimum absolute atomic E-state index is 0.182. The van der Waals surface area contributed by atoms with Gasteiger partial charge in [-0.15, -0.1) is 0 Å². The lowest BCUT2D eigenvalue weighted by atomic mass is 9.82. The Hall–Kier alpha value is -1.80. The molecular weight excluding hydrogens is 196 g/mol. The number of nitriles is 2. The second-order valence-electron chi connectivity index (χ2n) is 4.47. The van der Waals surface area contributed by atoms with Crippen molar-refractivity contribution < 1.29 is 0 Å². The molecule has 0 aliphatic heterocycles. The molecule has 0 spiro atoms. The first-order valence-electron chi connectivity index (χ1n) is 5.51. The number of hydrogen-bond donors (Lipinski definition) is 0. The summed E-state index contributed by atoms with van der Waals surface area (Å²) in [4.78, 5) is 0. The van der Waals surface area contributed by atoms with E-state index in [1.165, 1.54) is 5.57 Å². The van der Waals surface area contributed by atoms with E-state index in [1.54, 1.807) is 0 Å². The maximum atomic E-state index is 8.88. The van der Waals surface area contributed by atoms with E-state index >= 15 is 0 Å². The molecule has 1 aliphatic carbocycles. The van der Waals surface area contributed by atoms with Crippen molar-refractivity contribution in [1.29, 1.82) is 10.5 Å². The molecule has 0 amide bonds. The van der Waals surface area contributed by atoms with E-state index in [4.69, 9.17) is 10.5 Å². The number of allylic oxidation sites excluding steroid dienone is 6. The maximum absolute atomic E-state index is 8.88. The van der Waals surface area contributed by atoms with Gasteiger partial charge in [0.05, 0.1) is 0 Å². The fourth-order valence-electron chi connectivity index (χ4n) is 1.93. The van der Waals surface area contributed by atoms with E-state index in [9.17, 15) is 0 Å². The van der Waals surface area contributed by atoms with Crippen molar-refractivity contribution >= 4 is 0 Å². The molecule has 1 atom stereocenters. The summed E-state index contributed by atoms with van der Waals surface area (Å²) in [5.74, 6) is 0.774. The second-order valence-corrected chi connectivity index (χ2v) is 4.47. The zero-order valence-corrected chi connectivity index (χ0v) is 9.99. The summed E-state index contributed by atoms with van der Waals surface area (Å²) < 4.78 is 0. The van der Waals surface area contributed by atoms with Crippen LogP contribution in [0.3, 0.4) is 0 Å². The molecule has 2 heteroatoms. The molecule has 16 heavy (non-hydrogen) atoms. The Kier molecular flexibility index (Phi) is 4.09. The van der Waals surface area contributed by atoms with Crippen LogP contribution in [-0.4, -0.2) is 0 Å². The minimum atomic E-state index is 0.182. The largest absolute Gasteiger partial charge is 0.192 e. The summed E-state index contributed by atoms with van der Waals surface area (Å²) >= 11 is 0. The highest BCUT2D eigenvalue weighted by molar-refractivity contribution is 5.50. The molecule has 0 saturated heterocycles. The molecule has 0 aromatic rings. The molecular formula is C14H16N2. The summed E-state index contributed by atoms with van der Waals surface area (Å²) in [7, 11) is 0. The van der Waals surface area contributed by atoms with Crippen molar-refractivity contribution in [1.82, 2.24) is 0 Å². The highest BCUT2D eigenvalue weighted by atomic mass is 14.3. The number of rotatable bonds is 2. The fourth-order valence-corrected chi connectivity index (χ4v) is 1.93. The molecule has 82 valence electrons. The van der Waals surface area contributed by atoms with E-state index in [0.717, 1.165) is 12.0 Å². The Morgan fingerprint density at radius 2 is 2.00 bits per heavy atom. The molecule has 0 aromatic heterocycles. The summed E-state index contributed by atoms with van der Waals surface area (Å²) in [6, 6.07) is 3.93. The predicted octanol–water partition coefficient (Wildman–Crippen LogP) is 3.51. The molecule has 0 saturated carbocycles. The summed E-state index contributed by atoms with van der Waals surface area (Å²) in [6.07, 6.45) is 6.91. The molecule has 0 N–H and O–H groups in total. The SMILES string of the molecule is CC(C)CC1=CC=CC(=C(C#N)C#N)C1C. The third kappa shape index (κ3) is 2.61. The van der Waals surface area contributed by atoms with Crippen LogP contribution in [0.1, 0.15) is 27.2 Å². The monoisotopic (exact) mass is 212 g/mol. The first kappa shape index (κ1) is 12.3. The van der Waals surface area contributed by atoms with E-state index < -0.39 is 0 Å². The molecule has 2 nitrogen and oxygen atoms in total. The van der Waals surface area contributed by atoms with Crippen LogP contribution in [0.2, 0.25) is 0 Å². The zero-order chi connectivity index (χ0) is 12.1. The summed E-state index contributed by atoms with van der Waals surface area (Å²) in [5.41, 5.74) is 2.39. The lowest BCUT2D eigenvalue weighted by molar-refractivity contribution is 0.597. The molecule has 1 rings (SSSR count). The van der Waals surface area contributed by atoms with E-state index in [1.807, 2.05) is 24.3 Å². The van der Waals surface area contributed by atoms with E-state index in [-0.39, 0.29) is 11.5 Å². The topological polar surface area (TPSA) is 47.6 Å². The first-order chi connectivity index (χ1) is 7.60. The van der Waals surface area contributed by atoms with Crippen molar-refractivity contribution in [2.45, 2.75) is 27.2 Å². The second kappa shape index (κ2) is 5.33. The van der Waals surface area contributed by atoms with Gasteiger partial charge in [-0.05, 0) is 17.9 Å². The Labute approximate surface area is 97.2 Å². The maximum Gasteiger partial charge on any atom is 0.133 e. The van der Waals surface area contributed by atoms with E-state index in [2.05, 4.69) is 26.8 Å². The van der Waals surface area contributed by atoms with Gasteiger partial charge in [0.1, 0.15) is 17.7 Å². The van der Waals surface area contributed by atoms with Crippen molar-refractivity contribution in [3.63, 3.8) is 0 Å². The Balaban J connectivity index is 3.04. The average molecular weight is 212 g/mol. The first-order valence-corrected chi connectivity index (χ1v) is 5.51.